The van der Waals surface area contributed by atoms with Crippen LogP contribution in [-0.2, 0) is 6.61 Å². The highest BCUT2D eigenvalue weighted by Crippen LogP contribution is 2.27. The maximum atomic E-state index is 12.3. The fraction of sp³-hybridized carbons (Fsp3) is 0.0909. The lowest BCUT2D eigenvalue weighted by Gasteiger charge is -2.08. The number of halogens is 2. The summed E-state index contributed by atoms with van der Waals surface area (Å²) in [5.74, 6) is 1.71. The number of urea groups is 1. The van der Waals surface area contributed by atoms with Gasteiger partial charge in [0.2, 0.25) is 0 Å². The van der Waals surface area contributed by atoms with Crippen molar-refractivity contribution in [3.63, 3.8) is 0 Å². The predicted molar refractivity (Wildman–Crippen MR) is 123 cm³/mol. The quantitative estimate of drug-likeness (QED) is 0.326. The summed E-state index contributed by atoms with van der Waals surface area (Å²) in [6.45, 7) is 0.338. The highest BCUT2D eigenvalue weighted by atomic mass is 35.5. The van der Waals surface area contributed by atoms with E-state index in [9.17, 15) is 4.79 Å². The molecule has 0 unspecified atom stereocenters. The lowest BCUT2D eigenvalue weighted by Crippen LogP contribution is -2.19. The van der Waals surface area contributed by atoms with Gasteiger partial charge >= 0.3 is 6.03 Å². The number of H-pyrrole nitrogens is 1. The monoisotopic (exact) mass is 456 g/mol. The van der Waals surface area contributed by atoms with E-state index >= 15 is 0 Å². The van der Waals surface area contributed by atoms with E-state index in [-0.39, 0.29) is 0 Å². The van der Waals surface area contributed by atoms with Gasteiger partial charge in [0.1, 0.15) is 18.1 Å². The number of anilines is 2. The largest absolute Gasteiger partial charge is 0.497 e. The van der Waals surface area contributed by atoms with Crippen LogP contribution >= 0.6 is 23.2 Å². The summed E-state index contributed by atoms with van der Waals surface area (Å²) in [4.78, 5) is 12.3. The summed E-state index contributed by atoms with van der Waals surface area (Å²) in [6.07, 6.45) is 0. The number of nitrogens with one attached hydrogen (secondary N) is 3. The average molecular weight is 457 g/mol. The van der Waals surface area contributed by atoms with Crippen LogP contribution in [0.1, 0.15) is 5.56 Å². The molecule has 3 N–H and O–H groups in total. The number of hydrogen-bond donors (Lipinski definition) is 3. The molecule has 7 nitrogen and oxygen atoms in total. The molecule has 0 bridgehead atoms. The second kappa shape index (κ2) is 9.16. The average Bonchev–Trinajstić information content (AvgIpc) is 3.16. The Morgan fingerprint density at radius 1 is 1.00 bits per heavy atom. The molecule has 0 saturated heterocycles. The van der Waals surface area contributed by atoms with E-state index in [1.165, 1.54) is 0 Å². The molecule has 1 heterocycles. The maximum absolute atomic E-state index is 12.3. The molecule has 3 aromatic carbocycles. The van der Waals surface area contributed by atoms with Crippen LogP contribution in [0.25, 0.3) is 10.9 Å². The molecule has 158 valence electrons. The van der Waals surface area contributed by atoms with Crippen LogP contribution < -0.4 is 20.1 Å². The zero-order valence-corrected chi connectivity index (χ0v) is 17.9. The minimum Gasteiger partial charge on any atom is -0.497 e. The standard InChI is InChI=1S/C22H18Cl2N4O3/c1-30-15-4-2-3-14(10-15)25-22(29)26-21-17-7-6-16(11-20(17)27-28-21)31-12-13-5-8-18(23)19(24)9-13/h2-11H,12H2,1H3,(H3,25,26,27,28,29). The van der Waals surface area contributed by atoms with Crippen molar-refractivity contribution < 1.29 is 14.3 Å². The Morgan fingerprint density at radius 3 is 2.68 bits per heavy atom. The molecule has 2 amide bonds. The van der Waals surface area contributed by atoms with E-state index in [0.717, 1.165) is 16.5 Å². The van der Waals surface area contributed by atoms with E-state index in [1.807, 2.05) is 18.2 Å². The Labute approximate surface area is 188 Å². The van der Waals surface area contributed by atoms with Gasteiger partial charge in [-0.3, -0.25) is 10.4 Å². The number of fused-ring (bicyclic) bond motifs is 1. The van der Waals surface area contributed by atoms with Crippen molar-refractivity contribution in [2.24, 2.45) is 0 Å². The van der Waals surface area contributed by atoms with Crippen LogP contribution in [0.4, 0.5) is 16.3 Å². The third-order valence-electron chi connectivity index (χ3n) is 4.48. The maximum Gasteiger partial charge on any atom is 0.324 e. The molecule has 0 fully saturated rings. The first-order chi connectivity index (χ1) is 15.0. The summed E-state index contributed by atoms with van der Waals surface area (Å²) >= 11 is 12.0. The molecule has 0 aliphatic carbocycles. The summed E-state index contributed by atoms with van der Waals surface area (Å²) < 4.78 is 11.0. The first-order valence-electron chi connectivity index (χ1n) is 9.29. The van der Waals surface area contributed by atoms with E-state index in [2.05, 4.69) is 20.8 Å². The summed E-state index contributed by atoms with van der Waals surface area (Å²) in [5, 5.41) is 14.3. The number of carbonyl (C=O) groups is 1. The number of ether oxygens (including phenoxy) is 2. The lowest BCUT2D eigenvalue weighted by atomic mass is 10.2. The van der Waals surface area contributed by atoms with Crippen molar-refractivity contribution in [1.82, 2.24) is 10.2 Å². The molecule has 4 rings (SSSR count). The van der Waals surface area contributed by atoms with Crippen molar-refractivity contribution >= 4 is 51.6 Å². The van der Waals surface area contributed by atoms with Gasteiger partial charge in [-0.05, 0) is 42.0 Å². The smallest absolute Gasteiger partial charge is 0.324 e. The predicted octanol–water partition coefficient (Wildman–Crippen LogP) is 6.10. The first-order valence-corrected chi connectivity index (χ1v) is 10.0. The fourth-order valence-corrected chi connectivity index (χ4v) is 3.27. The van der Waals surface area contributed by atoms with Crippen LogP contribution in [0.3, 0.4) is 0 Å². The molecule has 0 aliphatic heterocycles. The van der Waals surface area contributed by atoms with E-state index < -0.39 is 6.03 Å². The van der Waals surface area contributed by atoms with Gasteiger partial charge in [-0.1, -0.05) is 35.3 Å². The molecular weight excluding hydrogens is 439 g/mol. The van der Waals surface area contributed by atoms with Crippen LogP contribution in [0.2, 0.25) is 10.0 Å². The van der Waals surface area contributed by atoms with Gasteiger partial charge in [-0.15, -0.1) is 0 Å². The Hall–Kier alpha value is -3.42. The fourth-order valence-electron chi connectivity index (χ4n) is 2.95. The molecule has 4 aromatic rings. The van der Waals surface area contributed by atoms with Crippen LogP contribution in [0.15, 0.2) is 60.7 Å². The Bertz CT molecular complexity index is 1240. The second-order valence-corrected chi connectivity index (χ2v) is 7.44. The van der Waals surface area contributed by atoms with Crippen LogP contribution in [0.5, 0.6) is 11.5 Å². The number of benzene rings is 3. The zero-order valence-electron chi connectivity index (χ0n) is 16.4. The molecule has 31 heavy (non-hydrogen) atoms. The Morgan fingerprint density at radius 2 is 1.87 bits per heavy atom. The number of nitrogens with zero attached hydrogens (tertiary/aromatic N) is 1. The van der Waals surface area contributed by atoms with Crippen LogP contribution in [0, 0.1) is 0 Å². The molecule has 0 aliphatic rings. The second-order valence-electron chi connectivity index (χ2n) is 6.63. The van der Waals surface area contributed by atoms with Gasteiger partial charge < -0.3 is 14.8 Å². The van der Waals surface area contributed by atoms with Crippen molar-refractivity contribution in [2.75, 3.05) is 17.7 Å². The van der Waals surface area contributed by atoms with Gasteiger partial charge in [-0.25, -0.2) is 4.79 Å². The summed E-state index contributed by atoms with van der Waals surface area (Å²) in [5.41, 5.74) is 2.23. The Balaban J connectivity index is 1.42. The molecule has 0 radical (unpaired) electrons. The highest BCUT2D eigenvalue weighted by Gasteiger charge is 2.11. The van der Waals surface area contributed by atoms with Gasteiger partial charge in [-0.2, -0.15) is 5.10 Å². The minimum absolute atomic E-state index is 0.338. The number of aromatic nitrogens is 2. The third kappa shape index (κ3) is 5.02. The van der Waals surface area contributed by atoms with Crippen molar-refractivity contribution in [3.05, 3.63) is 76.3 Å². The van der Waals surface area contributed by atoms with E-state index in [1.54, 1.807) is 49.6 Å². The number of carbonyl (C=O) groups excluding carboxylic acids is 1. The number of rotatable bonds is 6. The molecule has 1 aromatic heterocycles. The van der Waals surface area contributed by atoms with Gasteiger partial charge in [0.25, 0.3) is 0 Å². The van der Waals surface area contributed by atoms with Crippen molar-refractivity contribution in [2.45, 2.75) is 6.61 Å². The highest BCUT2D eigenvalue weighted by molar-refractivity contribution is 6.42. The normalized spacial score (nSPS) is 10.7. The minimum atomic E-state index is -0.415. The Kier molecular flexibility index (Phi) is 6.16. The zero-order chi connectivity index (χ0) is 21.8. The summed E-state index contributed by atoms with van der Waals surface area (Å²) in [6, 6.07) is 17.4. The van der Waals surface area contributed by atoms with Crippen molar-refractivity contribution in [3.8, 4) is 11.5 Å². The molecule has 0 spiro atoms. The topological polar surface area (TPSA) is 88.3 Å². The molecule has 9 heteroatoms. The summed E-state index contributed by atoms with van der Waals surface area (Å²) in [7, 11) is 1.57. The van der Waals surface area contributed by atoms with E-state index in [4.69, 9.17) is 32.7 Å². The van der Waals surface area contributed by atoms with Gasteiger partial charge in [0, 0.05) is 23.2 Å². The third-order valence-corrected chi connectivity index (χ3v) is 5.22. The van der Waals surface area contributed by atoms with Crippen LogP contribution in [-0.4, -0.2) is 23.3 Å². The number of methoxy groups -OCH3 is 1. The van der Waals surface area contributed by atoms with Gasteiger partial charge in [0.05, 0.1) is 22.7 Å². The molecule has 0 atom stereocenters. The van der Waals surface area contributed by atoms with Crippen molar-refractivity contribution in [1.29, 1.82) is 0 Å². The van der Waals surface area contributed by atoms with E-state index in [0.29, 0.717) is 39.7 Å². The first kappa shape index (κ1) is 20.8. The SMILES string of the molecule is COc1cccc(NC(=O)Nc2n[nH]c3cc(OCc4ccc(Cl)c(Cl)c4)ccc23)c1. The van der Waals surface area contributed by atoms with Gasteiger partial charge in [0.15, 0.2) is 5.82 Å². The molecular formula is C22H18Cl2N4O3. The number of amides is 2. The number of aromatic amines is 1. The lowest BCUT2D eigenvalue weighted by molar-refractivity contribution is 0.262. The number of hydrogen-bond acceptors (Lipinski definition) is 4. The molecule has 0 saturated carbocycles.